The van der Waals surface area contributed by atoms with Gasteiger partial charge in [-0.2, -0.15) is 0 Å². The van der Waals surface area contributed by atoms with Gasteiger partial charge in [0.25, 0.3) is 5.56 Å². The lowest BCUT2D eigenvalue weighted by Gasteiger charge is -2.21. The van der Waals surface area contributed by atoms with Gasteiger partial charge in [0.1, 0.15) is 6.04 Å². The number of nitrogens with zero attached hydrogens (tertiary/aromatic N) is 1. The minimum atomic E-state index is -0.704. The van der Waals surface area contributed by atoms with Crippen molar-refractivity contribution in [2.45, 2.75) is 53.2 Å². The number of esters is 1. The van der Waals surface area contributed by atoms with Gasteiger partial charge in [0.2, 0.25) is 0 Å². The molecule has 20 heavy (non-hydrogen) atoms. The number of hydrogen-bond acceptors (Lipinski definition) is 4. The molecule has 1 heterocycles. The summed E-state index contributed by atoms with van der Waals surface area (Å²) in [5.41, 5.74) is 0.281. The normalized spacial score (nSPS) is 12.3. The van der Waals surface area contributed by atoms with Crippen LogP contribution in [-0.4, -0.2) is 22.4 Å². The third-order valence-electron chi connectivity index (χ3n) is 3.02. The quantitative estimate of drug-likeness (QED) is 0.612. The average molecular weight is 279 g/mol. The Labute approximate surface area is 118 Å². The minimum absolute atomic E-state index is 0.0893. The van der Waals surface area contributed by atoms with Gasteiger partial charge < -0.3 is 4.74 Å². The predicted octanol–water partition coefficient (Wildman–Crippen LogP) is 2.26. The van der Waals surface area contributed by atoms with Crippen LogP contribution in [0.25, 0.3) is 0 Å². The van der Waals surface area contributed by atoms with E-state index in [1.54, 1.807) is 33.8 Å². The number of aromatic nitrogens is 1. The maximum atomic E-state index is 12.4. The summed E-state index contributed by atoms with van der Waals surface area (Å²) in [4.78, 5) is 35.9. The first-order valence-electron chi connectivity index (χ1n) is 6.73. The summed E-state index contributed by atoms with van der Waals surface area (Å²) in [6, 6.07) is 2.46. The largest absolute Gasteiger partial charge is 0.461 e. The van der Waals surface area contributed by atoms with Crippen LogP contribution in [0.15, 0.2) is 16.9 Å². The van der Waals surface area contributed by atoms with Crippen LogP contribution in [0.3, 0.4) is 0 Å². The minimum Gasteiger partial charge on any atom is -0.461 e. The molecule has 0 aliphatic heterocycles. The fourth-order valence-electron chi connectivity index (χ4n) is 2.07. The van der Waals surface area contributed by atoms with Crippen molar-refractivity contribution in [1.82, 2.24) is 4.57 Å². The molecule has 1 aromatic heterocycles. The van der Waals surface area contributed by atoms with Crippen LogP contribution < -0.4 is 5.56 Å². The second kappa shape index (κ2) is 6.50. The number of rotatable bonds is 5. The van der Waals surface area contributed by atoms with Gasteiger partial charge >= 0.3 is 5.97 Å². The Morgan fingerprint density at radius 3 is 2.35 bits per heavy atom. The van der Waals surface area contributed by atoms with Crippen molar-refractivity contribution >= 4 is 11.8 Å². The monoisotopic (exact) mass is 279 g/mol. The van der Waals surface area contributed by atoms with Gasteiger partial charge in [-0.3, -0.25) is 14.2 Å². The Balaban J connectivity index is 3.35. The Morgan fingerprint density at radius 1 is 1.30 bits per heavy atom. The zero-order valence-corrected chi connectivity index (χ0v) is 12.6. The highest BCUT2D eigenvalue weighted by molar-refractivity contribution is 5.93. The van der Waals surface area contributed by atoms with Crippen molar-refractivity contribution in [3.8, 4) is 0 Å². The summed E-state index contributed by atoms with van der Waals surface area (Å²) in [5, 5.41) is 0. The molecular formula is C15H21NO4. The van der Waals surface area contributed by atoms with Crippen LogP contribution in [0.2, 0.25) is 0 Å². The lowest BCUT2D eigenvalue weighted by molar-refractivity contribution is -0.151. The van der Waals surface area contributed by atoms with Crippen molar-refractivity contribution in [1.29, 1.82) is 0 Å². The van der Waals surface area contributed by atoms with Gasteiger partial charge in [-0.25, -0.2) is 4.79 Å². The molecule has 1 atom stereocenters. The van der Waals surface area contributed by atoms with Crippen LogP contribution in [0.1, 0.15) is 56.2 Å². The van der Waals surface area contributed by atoms with Gasteiger partial charge in [-0.15, -0.1) is 0 Å². The van der Waals surface area contributed by atoms with Crippen molar-refractivity contribution in [3.63, 3.8) is 0 Å². The van der Waals surface area contributed by atoms with Crippen molar-refractivity contribution < 1.29 is 14.3 Å². The molecule has 0 aromatic carbocycles. The third-order valence-corrected chi connectivity index (χ3v) is 3.02. The first kappa shape index (κ1) is 16.1. The fraction of sp³-hybridized carbons (Fsp3) is 0.533. The van der Waals surface area contributed by atoms with E-state index >= 15 is 0 Å². The molecule has 0 radical (unpaired) electrons. The molecule has 0 aliphatic rings. The van der Waals surface area contributed by atoms with Crippen LogP contribution in [0.4, 0.5) is 0 Å². The summed E-state index contributed by atoms with van der Waals surface area (Å²) in [6.07, 6.45) is 0.178. The fourth-order valence-corrected chi connectivity index (χ4v) is 2.07. The molecule has 0 amide bonds. The number of pyridine rings is 1. The molecule has 0 aliphatic carbocycles. The maximum Gasteiger partial charge on any atom is 0.329 e. The third kappa shape index (κ3) is 3.35. The van der Waals surface area contributed by atoms with Gasteiger partial charge in [-0.1, -0.05) is 6.92 Å². The molecule has 0 spiro atoms. The van der Waals surface area contributed by atoms with E-state index in [4.69, 9.17) is 4.74 Å². The average Bonchev–Trinajstić information content (AvgIpc) is 2.32. The molecule has 1 unspecified atom stereocenters. The zero-order chi connectivity index (χ0) is 15.4. The summed E-state index contributed by atoms with van der Waals surface area (Å²) in [7, 11) is 0. The van der Waals surface area contributed by atoms with E-state index in [-0.39, 0.29) is 17.5 Å². The number of carbonyl (C=O) groups excluding carboxylic acids is 2. The van der Waals surface area contributed by atoms with Crippen LogP contribution in [0, 0.1) is 6.92 Å². The lowest BCUT2D eigenvalue weighted by atomic mass is 10.1. The van der Waals surface area contributed by atoms with Crippen molar-refractivity contribution in [3.05, 3.63) is 33.7 Å². The highest BCUT2D eigenvalue weighted by Crippen LogP contribution is 2.15. The van der Waals surface area contributed by atoms with E-state index < -0.39 is 17.6 Å². The number of ketones is 1. The van der Waals surface area contributed by atoms with Crippen LogP contribution >= 0.6 is 0 Å². The molecule has 1 aromatic rings. The van der Waals surface area contributed by atoms with E-state index in [2.05, 4.69) is 0 Å². The maximum absolute atomic E-state index is 12.4. The van der Waals surface area contributed by atoms with E-state index in [1.165, 1.54) is 17.6 Å². The Kier molecular flexibility index (Phi) is 5.25. The predicted molar refractivity (Wildman–Crippen MR) is 76.0 cm³/mol. The molecule has 0 saturated carbocycles. The SMILES string of the molecule is CCC(C(=O)OC(C)C)n1c(C)ccc(C(C)=O)c1=O. The summed E-state index contributed by atoms with van der Waals surface area (Å²) < 4.78 is 6.53. The molecule has 0 saturated heterocycles. The number of aryl methyl sites for hydroxylation is 1. The molecule has 0 fully saturated rings. The number of Topliss-reactive ketones (excluding diaryl/α,β-unsaturated/α-hetero) is 1. The van der Waals surface area contributed by atoms with Gasteiger partial charge in [0.15, 0.2) is 5.78 Å². The van der Waals surface area contributed by atoms with Gasteiger partial charge in [-0.05, 0) is 46.2 Å². The van der Waals surface area contributed by atoms with E-state index in [0.717, 1.165) is 0 Å². The van der Waals surface area contributed by atoms with Gasteiger partial charge in [0, 0.05) is 5.69 Å². The molecule has 0 bridgehead atoms. The zero-order valence-electron chi connectivity index (χ0n) is 12.6. The van der Waals surface area contributed by atoms with Gasteiger partial charge in [0.05, 0.1) is 11.7 Å². The second-order valence-electron chi connectivity index (χ2n) is 5.03. The molecule has 0 N–H and O–H groups in total. The van der Waals surface area contributed by atoms with E-state index in [9.17, 15) is 14.4 Å². The number of carbonyl (C=O) groups is 2. The standard InChI is InChI=1S/C15H21NO4/c1-6-13(15(19)20-9(2)3)16-10(4)7-8-12(11(5)17)14(16)18/h7-9,13H,6H2,1-5H3. The Hall–Kier alpha value is -1.91. The lowest BCUT2D eigenvalue weighted by Crippen LogP contribution is -2.35. The molecule has 5 nitrogen and oxygen atoms in total. The molecule has 1 rings (SSSR count). The summed E-state index contributed by atoms with van der Waals surface area (Å²) in [6.45, 7) is 8.39. The topological polar surface area (TPSA) is 65.4 Å². The van der Waals surface area contributed by atoms with Crippen LogP contribution in [0.5, 0.6) is 0 Å². The first-order chi connectivity index (χ1) is 9.29. The summed E-state index contributed by atoms with van der Waals surface area (Å²) in [5.74, 6) is -0.760. The molecule has 5 heteroatoms. The van der Waals surface area contributed by atoms with Crippen molar-refractivity contribution in [2.75, 3.05) is 0 Å². The molecule has 110 valence electrons. The number of ether oxygens (including phenoxy) is 1. The van der Waals surface area contributed by atoms with E-state index in [1.807, 2.05) is 0 Å². The van der Waals surface area contributed by atoms with Crippen LogP contribution in [-0.2, 0) is 9.53 Å². The smallest absolute Gasteiger partial charge is 0.329 e. The molecular weight excluding hydrogens is 258 g/mol. The second-order valence-corrected chi connectivity index (χ2v) is 5.03. The van der Waals surface area contributed by atoms with Crippen molar-refractivity contribution in [2.24, 2.45) is 0 Å². The van der Waals surface area contributed by atoms with E-state index in [0.29, 0.717) is 12.1 Å². The first-order valence-corrected chi connectivity index (χ1v) is 6.73. The number of hydrogen-bond donors (Lipinski definition) is 0. The summed E-state index contributed by atoms with van der Waals surface area (Å²) >= 11 is 0. The highest BCUT2D eigenvalue weighted by atomic mass is 16.5. The Bertz CT molecular complexity index is 572. The Morgan fingerprint density at radius 2 is 1.90 bits per heavy atom. The highest BCUT2D eigenvalue weighted by Gasteiger charge is 2.25.